The summed E-state index contributed by atoms with van der Waals surface area (Å²) >= 11 is 0. The molecule has 1 N–H and O–H groups in total. The average molecular weight is 247 g/mol. The van der Waals surface area contributed by atoms with Gasteiger partial charge >= 0.3 is 0 Å². The summed E-state index contributed by atoms with van der Waals surface area (Å²) in [6.45, 7) is 4.12. The highest BCUT2D eigenvalue weighted by molar-refractivity contribution is 5.47. The van der Waals surface area contributed by atoms with Crippen LogP contribution < -0.4 is 5.32 Å². The molecule has 1 fully saturated rings. The Kier molecular flexibility index (Phi) is 2.66. The van der Waals surface area contributed by atoms with Crippen molar-refractivity contribution in [1.82, 2.24) is 25.0 Å². The van der Waals surface area contributed by atoms with E-state index >= 15 is 0 Å². The molecule has 3 rings (SSSR count). The van der Waals surface area contributed by atoms with E-state index in [1.165, 1.54) is 0 Å². The van der Waals surface area contributed by atoms with Crippen molar-refractivity contribution in [3.05, 3.63) is 18.4 Å². The molecule has 3 heterocycles. The van der Waals surface area contributed by atoms with Gasteiger partial charge in [0.1, 0.15) is 5.69 Å². The minimum absolute atomic E-state index is 0.0535. The van der Waals surface area contributed by atoms with E-state index in [-0.39, 0.29) is 5.41 Å². The largest absolute Gasteiger partial charge is 0.338 e. The van der Waals surface area contributed by atoms with Crippen LogP contribution in [0.15, 0.2) is 17.0 Å². The van der Waals surface area contributed by atoms with Gasteiger partial charge in [-0.3, -0.25) is 0 Å². The Morgan fingerprint density at radius 2 is 2.39 bits per heavy atom. The summed E-state index contributed by atoms with van der Waals surface area (Å²) in [5.74, 6) is 1.32. The molecule has 6 heteroatoms. The Morgan fingerprint density at radius 3 is 3.06 bits per heavy atom. The van der Waals surface area contributed by atoms with E-state index in [0.717, 1.165) is 31.6 Å². The molecule has 0 saturated carbocycles. The molecule has 0 aliphatic carbocycles. The van der Waals surface area contributed by atoms with E-state index in [9.17, 15) is 0 Å². The van der Waals surface area contributed by atoms with Crippen LogP contribution in [0.25, 0.3) is 11.5 Å². The third-order valence-electron chi connectivity index (χ3n) is 3.59. The molecule has 0 radical (unpaired) electrons. The fourth-order valence-corrected chi connectivity index (χ4v) is 2.38. The molecular weight excluding hydrogens is 230 g/mol. The number of nitrogens with zero attached hydrogens (tertiary/aromatic N) is 4. The zero-order valence-electron chi connectivity index (χ0n) is 10.7. The molecule has 18 heavy (non-hydrogen) atoms. The van der Waals surface area contributed by atoms with E-state index in [0.29, 0.717) is 11.7 Å². The predicted molar refractivity (Wildman–Crippen MR) is 66.0 cm³/mol. The van der Waals surface area contributed by atoms with E-state index in [1.807, 2.05) is 11.6 Å². The molecule has 6 nitrogen and oxygen atoms in total. The highest BCUT2D eigenvalue weighted by Gasteiger charge is 2.34. The molecule has 0 spiro atoms. The lowest BCUT2D eigenvalue weighted by atomic mass is 9.83. The summed E-state index contributed by atoms with van der Waals surface area (Å²) in [5.41, 5.74) is 0.819. The number of nitrogens with one attached hydrogen (secondary N) is 1. The molecule has 96 valence electrons. The summed E-state index contributed by atoms with van der Waals surface area (Å²) in [4.78, 5) is 8.60. The normalized spacial score (nSPS) is 24.3. The first kappa shape index (κ1) is 11.4. The van der Waals surface area contributed by atoms with Crippen LogP contribution in [-0.4, -0.2) is 32.8 Å². The van der Waals surface area contributed by atoms with Crippen molar-refractivity contribution in [2.75, 3.05) is 13.1 Å². The number of aromatic nitrogens is 4. The SMILES string of the molecule is Cn1cncc1-c1noc(C2(C)CCCNC2)n1. The van der Waals surface area contributed by atoms with Crippen molar-refractivity contribution >= 4 is 0 Å². The summed E-state index contributed by atoms with van der Waals surface area (Å²) < 4.78 is 7.33. The molecule has 1 aliphatic rings. The van der Waals surface area contributed by atoms with Gasteiger partial charge < -0.3 is 14.4 Å². The highest BCUT2D eigenvalue weighted by atomic mass is 16.5. The second-order valence-electron chi connectivity index (χ2n) is 5.15. The van der Waals surface area contributed by atoms with Crippen LogP contribution >= 0.6 is 0 Å². The molecular formula is C12H17N5O. The van der Waals surface area contributed by atoms with Gasteiger partial charge in [0.15, 0.2) is 0 Å². The van der Waals surface area contributed by atoms with Crippen molar-refractivity contribution in [3.63, 3.8) is 0 Å². The van der Waals surface area contributed by atoms with Crippen molar-refractivity contribution < 1.29 is 4.52 Å². The van der Waals surface area contributed by atoms with Crippen molar-refractivity contribution in [2.24, 2.45) is 7.05 Å². The standard InChI is InChI=1S/C12H17N5O/c1-12(4-3-5-13-7-12)11-15-10(16-18-11)9-6-14-8-17(9)2/h6,8,13H,3-5,7H2,1-2H3. The van der Waals surface area contributed by atoms with Crippen LogP contribution in [0, 0.1) is 0 Å². The third-order valence-corrected chi connectivity index (χ3v) is 3.59. The molecule has 2 aromatic heterocycles. The van der Waals surface area contributed by atoms with Crippen LogP contribution in [0.1, 0.15) is 25.7 Å². The van der Waals surface area contributed by atoms with Crippen LogP contribution in [-0.2, 0) is 12.5 Å². The number of piperidine rings is 1. The smallest absolute Gasteiger partial charge is 0.234 e. The molecule has 1 saturated heterocycles. The first-order valence-electron chi connectivity index (χ1n) is 6.21. The molecule has 2 aromatic rings. The predicted octanol–water partition coefficient (Wildman–Crippen LogP) is 1.11. The third kappa shape index (κ3) is 1.82. The van der Waals surface area contributed by atoms with Gasteiger partial charge in [-0.1, -0.05) is 5.16 Å². The Labute approximate surface area is 105 Å². The summed E-state index contributed by atoms with van der Waals surface area (Å²) in [7, 11) is 1.92. The summed E-state index contributed by atoms with van der Waals surface area (Å²) in [6.07, 6.45) is 5.69. The lowest BCUT2D eigenvalue weighted by Crippen LogP contribution is -2.41. The maximum absolute atomic E-state index is 5.44. The first-order chi connectivity index (χ1) is 8.69. The van der Waals surface area contributed by atoms with Gasteiger partial charge in [-0.15, -0.1) is 0 Å². The Hall–Kier alpha value is -1.69. The van der Waals surface area contributed by atoms with Crippen molar-refractivity contribution in [3.8, 4) is 11.5 Å². The molecule has 0 aromatic carbocycles. The monoisotopic (exact) mass is 247 g/mol. The Bertz CT molecular complexity index is 538. The van der Waals surface area contributed by atoms with Crippen molar-refractivity contribution in [2.45, 2.75) is 25.2 Å². The topological polar surface area (TPSA) is 68.8 Å². The zero-order valence-corrected chi connectivity index (χ0v) is 10.7. The van der Waals surface area contributed by atoms with Gasteiger partial charge in [0.2, 0.25) is 11.7 Å². The maximum atomic E-state index is 5.44. The van der Waals surface area contributed by atoms with Crippen LogP contribution in [0.2, 0.25) is 0 Å². The van der Waals surface area contributed by atoms with E-state index in [2.05, 4.69) is 27.4 Å². The summed E-state index contributed by atoms with van der Waals surface area (Å²) in [6, 6.07) is 0. The fraction of sp³-hybridized carbons (Fsp3) is 0.583. The summed E-state index contributed by atoms with van der Waals surface area (Å²) in [5, 5.41) is 7.45. The molecule has 1 atom stereocenters. The lowest BCUT2D eigenvalue weighted by molar-refractivity contribution is 0.245. The number of rotatable bonds is 2. The zero-order chi connectivity index (χ0) is 12.6. The number of hydrogen-bond donors (Lipinski definition) is 1. The maximum Gasteiger partial charge on any atom is 0.234 e. The van der Waals surface area contributed by atoms with E-state index in [4.69, 9.17) is 4.52 Å². The fourth-order valence-electron chi connectivity index (χ4n) is 2.38. The van der Waals surface area contributed by atoms with Crippen molar-refractivity contribution in [1.29, 1.82) is 0 Å². The average Bonchev–Trinajstić information content (AvgIpc) is 2.98. The number of aryl methyl sites for hydroxylation is 1. The minimum atomic E-state index is -0.0535. The van der Waals surface area contributed by atoms with E-state index in [1.54, 1.807) is 12.5 Å². The Balaban J connectivity index is 1.92. The highest BCUT2D eigenvalue weighted by Crippen LogP contribution is 2.30. The van der Waals surface area contributed by atoms with Gasteiger partial charge in [-0.25, -0.2) is 4.98 Å². The van der Waals surface area contributed by atoms with E-state index < -0.39 is 0 Å². The number of imidazole rings is 1. The first-order valence-corrected chi connectivity index (χ1v) is 6.21. The Morgan fingerprint density at radius 1 is 1.50 bits per heavy atom. The molecule has 0 bridgehead atoms. The second-order valence-corrected chi connectivity index (χ2v) is 5.15. The lowest BCUT2D eigenvalue weighted by Gasteiger charge is -2.30. The van der Waals surface area contributed by atoms with Gasteiger partial charge in [0, 0.05) is 13.6 Å². The van der Waals surface area contributed by atoms with Gasteiger partial charge in [0.05, 0.1) is 17.9 Å². The quantitative estimate of drug-likeness (QED) is 0.861. The van der Waals surface area contributed by atoms with Crippen LogP contribution in [0.4, 0.5) is 0 Å². The minimum Gasteiger partial charge on any atom is -0.338 e. The van der Waals surface area contributed by atoms with Gasteiger partial charge in [-0.2, -0.15) is 4.98 Å². The van der Waals surface area contributed by atoms with Gasteiger partial charge in [0.25, 0.3) is 0 Å². The van der Waals surface area contributed by atoms with Crippen LogP contribution in [0.3, 0.4) is 0 Å². The van der Waals surface area contributed by atoms with Gasteiger partial charge in [-0.05, 0) is 26.3 Å². The molecule has 1 aliphatic heterocycles. The second kappa shape index (κ2) is 4.20. The molecule has 1 unspecified atom stereocenters. The van der Waals surface area contributed by atoms with Crippen LogP contribution in [0.5, 0.6) is 0 Å². The molecule has 0 amide bonds. The number of hydrogen-bond acceptors (Lipinski definition) is 5.